The minimum Gasteiger partial charge on any atom is -0.484 e. The molecule has 1 aliphatic heterocycles. The molecule has 204 valence electrons. The molecule has 1 aliphatic rings. The van der Waals surface area contributed by atoms with E-state index in [0.29, 0.717) is 17.3 Å². The maximum Gasteiger partial charge on any atom is 0.418 e. The Bertz CT molecular complexity index is 1370. The Morgan fingerprint density at radius 3 is 2.41 bits per heavy atom. The topological polar surface area (TPSA) is 87.7 Å². The van der Waals surface area contributed by atoms with Crippen LogP contribution in [0.1, 0.15) is 17.5 Å². The lowest BCUT2D eigenvalue weighted by atomic mass is 10.1. The molecule has 39 heavy (non-hydrogen) atoms. The van der Waals surface area contributed by atoms with E-state index >= 15 is 0 Å². The molecule has 3 aromatic rings. The Labute approximate surface area is 235 Å². The van der Waals surface area contributed by atoms with Gasteiger partial charge in [-0.15, -0.1) is 0 Å². The van der Waals surface area contributed by atoms with Crippen molar-refractivity contribution in [3.63, 3.8) is 0 Å². The summed E-state index contributed by atoms with van der Waals surface area (Å²) < 4.78 is 45.4. The van der Waals surface area contributed by atoms with Crippen LogP contribution in [0.5, 0.6) is 5.75 Å². The third-order valence-corrected chi connectivity index (χ3v) is 6.70. The van der Waals surface area contributed by atoms with E-state index < -0.39 is 30.2 Å². The molecular weight excluding hydrogens is 603 g/mol. The molecule has 0 saturated carbocycles. The quantitative estimate of drug-likeness (QED) is 0.331. The lowest BCUT2D eigenvalue weighted by Crippen LogP contribution is -2.32. The molecule has 0 spiro atoms. The normalized spacial score (nSPS) is 15.3. The van der Waals surface area contributed by atoms with Gasteiger partial charge in [-0.2, -0.15) is 13.2 Å². The van der Waals surface area contributed by atoms with Gasteiger partial charge in [-0.1, -0.05) is 39.7 Å². The molecule has 2 N–H and O–H groups in total. The van der Waals surface area contributed by atoms with Crippen molar-refractivity contribution in [1.29, 1.82) is 0 Å². The van der Waals surface area contributed by atoms with E-state index in [1.807, 2.05) is 12.1 Å². The van der Waals surface area contributed by atoms with Gasteiger partial charge in [0.25, 0.3) is 5.91 Å². The SMILES string of the molecule is O=C(COc1ccc(N2C[C@H](C(=O)NCc3ccc(Cl)cc3)CC2=O)cc1)Nc1ccc(Br)cc1C(F)(F)F. The predicted molar refractivity (Wildman–Crippen MR) is 143 cm³/mol. The molecule has 1 saturated heterocycles. The summed E-state index contributed by atoms with van der Waals surface area (Å²) in [7, 11) is 0. The van der Waals surface area contributed by atoms with Crippen molar-refractivity contribution in [2.75, 3.05) is 23.4 Å². The first-order valence-corrected chi connectivity index (χ1v) is 12.9. The Hall–Kier alpha value is -3.57. The zero-order valence-corrected chi connectivity index (χ0v) is 22.6. The van der Waals surface area contributed by atoms with Gasteiger partial charge in [0.1, 0.15) is 5.75 Å². The monoisotopic (exact) mass is 623 g/mol. The van der Waals surface area contributed by atoms with E-state index in [1.165, 1.54) is 23.1 Å². The van der Waals surface area contributed by atoms with Crippen molar-refractivity contribution in [3.05, 3.63) is 87.4 Å². The summed E-state index contributed by atoms with van der Waals surface area (Å²) in [6, 6.07) is 16.8. The van der Waals surface area contributed by atoms with E-state index in [4.69, 9.17) is 16.3 Å². The second-order valence-corrected chi connectivity index (χ2v) is 10.1. The standard InChI is InChI=1S/C27H22BrClF3N3O4/c28-18-3-10-23(22(12-18)27(30,31)32)34-24(36)15-39-21-8-6-20(7-9-21)35-14-17(11-25(35)37)26(38)33-13-16-1-4-19(29)5-2-16/h1-10,12,17H,11,13-15H2,(H,33,38)(H,34,36)/t17-/m1/s1. The van der Waals surface area contributed by atoms with Crippen LogP contribution in [0.15, 0.2) is 71.2 Å². The molecule has 1 atom stereocenters. The molecule has 1 fully saturated rings. The van der Waals surface area contributed by atoms with Gasteiger partial charge in [0, 0.05) is 34.7 Å². The van der Waals surface area contributed by atoms with Crippen LogP contribution in [0.4, 0.5) is 24.5 Å². The van der Waals surface area contributed by atoms with Gasteiger partial charge in [-0.05, 0) is 60.2 Å². The smallest absolute Gasteiger partial charge is 0.418 e. The molecule has 1 heterocycles. The highest BCUT2D eigenvalue weighted by Gasteiger charge is 2.35. The summed E-state index contributed by atoms with van der Waals surface area (Å²) in [6.45, 7) is 0.00742. The number of halogens is 5. The van der Waals surface area contributed by atoms with Gasteiger partial charge < -0.3 is 20.3 Å². The van der Waals surface area contributed by atoms with Crippen LogP contribution in [-0.2, 0) is 27.1 Å². The fraction of sp³-hybridized carbons (Fsp3) is 0.222. The molecule has 3 amide bonds. The van der Waals surface area contributed by atoms with Gasteiger partial charge in [-0.25, -0.2) is 0 Å². The van der Waals surface area contributed by atoms with Crippen LogP contribution in [0, 0.1) is 5.92 Å². The Morgan fingerprint density at radius 1 is 1.05 bits per heavy atom. The molecule has 0 aromatic heterocycles. The van der Waals surface area contributed by atoms with Crippen molar-refractivity contribution in [3.8, 4) is 5.75 Å². The van der Waals surface area contributed by atoms with Crippen molar-refractivity contribution in [1.82, 2.24) is 5.32 Å². The molecule has 0 bridgehead atoms. The summed E-state index contributed by atoms with van der Waals surface area (Å²) in [5, 5.41) is 5.65. The molecule has 3 aromatic carbocycles. The van der Waals surface area contributed by atoms with E-state index in [9.17, 15) is 27.6 Å². The van der Waals surface area contributed by atoms with Crippen molar-refractivity contribution in [2.45, 2.75) is 19.1 Å². The van der Waals surface area contributed by atoms with E-state index in [2.05, 4.69) is 26.6 Å². The lowest BCUT2D eigenvalue weighted by Gasteiger charge is -2.17. The number of hydrogen-bond donors (Lipinski definition) is 2. The highest BCUT2D eigenvalue weighted by molar-refractivity contribution is 9.10. The van der Waals surface area contributed by atoms with Gasteiger partial charge in [-0.3, -0.25) is 14.4 Å². The maximum absolute atomic E-state index is 13.3. The molecule has 4 rings (SSSR count). The van der Waals surface area contributed by atoms with Crippen LogP contribution in [0.2, 0.25) is 5.02 Å². The zero-order valence-electron chi connectivity index (χ0n) is 20.2. The Balaban J connectivity index is 1.29. The van der Waals surface area contributed by atoms with Crippen LogP contribution in [0.25, 0.3) is 0 Å². The summed E-state index contributed by atoms with van der Waals surface area (Å²) in [5.41, 5.74) is 0.0705. The first-order valence-electron chi connectivity index (χ1n) is 11.7. The molecule has 0 aliphatic carbocycles. The third kappa shape index (κ3) is 7.51. The van der Waals surface area contributed by atoms with E-state index in [-0.39, 0.29) is 40.7 Å². The highest BCUT2D eigenvalue weighted by atomic mass is 79.9. The zero-order chi connectivity index (χ0) is 28.2. The van der Waals surface area contributed by atoms with E-state index in [1.54, 1.807) is 24.3 Å². The number of carbonyl (C=O) groups excluding carboxylic acids is 3. The number of nitrogens with one attached hydrogen (secondary N) is 2. The van der Waals surface area contributed by atoms with Crippen molar-refractivity contribution >= 4 is 56.6 Å². The highest BCUT2D eigenvalue weighted by Crippen LogP contribution is 2.36. The van der Waals surface area contributed by atoms with Crippen molar-refractivity contribution in [2.24, 2.45) is 5.92 Å². The van der Waals surface area contributed by atoms with E-state index in [0.717, 1.165) is 17.7 Å². The number of rotatable bonds is 8. The van der Waals surface area contributed by atoms with Crippen LogP contribution < -0.4 is 20.3 Å². The third-order valence-electron chi connectivity index (χ3n) is 5.96. The molecule has 7 nitrogen and oxygen atoms in total. The lowest BCUT2D eigenvalue weighted by molar-refractivity contribution is -0.137. The number of nitrogens with zero attached hydrogens (tertiary/aromatic N) is 1. The molecular formula is C27H22BrClF3N3O4. The number of ether oxygens (including phenoxy) is 1. The molecule has 12 heteroatoms. The van der Waals surface area contributed by atoms with Gasteiger partial charge in [0.15, 0.2) is 6.61 Å². The largest absolute Gasteiger partial charge is 0.484 e. The van der Waals surface area contributed by atoms with Gasteiger partial charge in [0.2, 0.25) is 11.8 Å². The fourth-order valence-electron chi connectivity index (χ4n) is 3.99. The minimum atomic E-state index is -4.65. The van der Waals surface area contributed by atoms with Crippen molar-refractivity contribution < 1.29 is 32.3 Å². The minimum absolute atomic E-state index is 0.0703. The van der Waals surface area contributed by atoms with Crippen LogP contribution >= 0.6 is 27.5 Å². The number of alkyl halides is 3. The predicted octanol–water partition coefficient (Wildman–Crippen LogP) is 5.81. The second kappa shape index (κ2) is 12.1. The Kier molecular flexibility index (Phi) is 8.81. The number of amides is 3. The second-order valence-electron chi connectivity index (χ2n) is 8.77. The average Bonchev–Trinajstić information content (AvgIpc) is 3.29. The summed E-state index contributed by atoms with van der Waals surface area (Å²) in [5.74, 6) is -1.43. The molecule has 0 unspecified atom stereocenters. The fourth-order valence-corrected chi connectivity index (χ4v) is 4.47. The summed E-state index contributed by atoms with van der Waals surface area (Å²) in [4.78, 5) is 38.9. The molecule has 0 radical (unpaired) electrons. The van der Waals surface area contributed by atoms with Gasteiger partial charge >= 0.3 is 6.18 Å². The van der Waals surface area contributed by atoms with Gasteiger partial charge in [0.05, 0.1) is 17.2 Å². The van der Waals surface area contributed by atoms with Crippen LogP contribution in [0.3, 0.4) is 0 Å². The number of hydrogen-bond acceptors (Lipinski definition) is 4. The van der Waals surface area contributed by atoms with Crippen LogP contribution in [-0.4, -0.2) is 30.9 Å². The first-order chi connectivity index (χ1) is 18.5. The average molecular weight is 625 g/mol. The Morgan fingerprint density at radius 2 is 1.74 bits per heavy atom. The number of anilines is 2. The summed E-state index contributed by atoms with van der Waals surface area (Å²) >= 11 is 8.86. The number of benzene rings is 3. The maximum atomic E-state index is 13.3. The first kappa shape index (κ1) is 28.4. The number of carbonyl (C=O) groups is 3. The summed E-state index contributed by atoms with van der Waals surface area (Å²) in [6.07, 6.45) is -4.58.